The van der Waals surface area contributed by atoms with Crippen molar-refractivity contribution in [2.24, 2.45) is 5.73 Å². The van der Waals surface area contributed by atoms with E-state index in [0.29, 0.717) is 29.1 Å². The molecule has 0 spiro atoms. The first-order valence-electron chi connectivity index (χ1n) is 6.36. The van der Waals surface area contributed by atoms with Gasteiger partial charge in [-0.25, -0.2) is 8.42 Å². The van der Waals surface area contributed by atoms with Gasteiger partial charge in [0.25, 0.3) is 0 Å². The summed E-state index contributed by atoms with van der Waals surface area (Å²) in [6.07, 6.45) is 2.92. The molecule has 0 radical (unpaired) electrons. The predicted octanol–water partition coefficient (Wildman–Crippen LogP) is 1.90. The molecular formula is C13H18BrNO3S. The predicted molar refractivity (Wildman–Crippen MR) is 77.9 cm³/mol. The fourth-order valence-electron chi connectivity index (χ4n) is 1.98. The normalized spacial score (nSPS) is 16.3. The van der Waals surface area contributed by atoms with Crippen LogP contribution in [0, 0.1) is 0 Å². The smallest absolute Gasteiger partial charge is 0.186 e. The van der Waals surface area contributed by atoms with Crippen LogP contribution >= 0.6 is 15.9 Å². The van der Waals surface area contributed by atoms with E-state index in [0.717, 1.165) is 24.8 Å². The van der Waals surface area contributed by atoms with Crippen molar-refractivity contribution < 1.29 is 13.2 Å². The molecule has 0 aromatic heterocycles. The Hall–Kier alpha value is -0.430. The quantitative estimate of drug-likeness (QED) is 0.798. The summed E-state index contributed by atoms with van der Waals surface area (Å²) in [4.78, 5) is 0.364. The van der Waals surface area contributed by atoms with Crippen LogP contribution in [0.2, 0.25) is 0 Å². The lowest BCUT2D eigenvalue weighted by Crippen LogP contribution is -2.40. The molecule has 4 nitrogen and oxygen atoms in total. The number of aryl methyl sites for hydroxylation is 1. The van der Waals surface area contributed by atoms with Crippen LogP contribution in [-0.4, -0.2) is 33.4 Å². The Kier molecular flexibility index (Phi) is 5.00. The molecule has 0 bridgehead atoms. The van der Waals surface area contributed by atoms with Crippen LogP contribution in [0.15, 0.2) is 27.6 Å². The molecule has 0 unspecified atom stereocenters. The lowest BCUT2D eigenvalue weighted by atomic mass is 10.1. The number of hydrogen-bond donors (Lipinski definition) is 1. The van der Waals surface area contributed by atoms with Gasteiger partial charge in [0, 0.05) is 4.47 Å². The molecule has 6 heteroatoms. The van der Waals surface area contributed by atoms with Crippen LogP contribution in [0.1, 0.15) is 18.4 Å². The van der Waals surface area contributed by atoms with Gasteiger partial charge in [0.05, 0.1) is 18.1 Å². The largest absolute Gasteiger partial charge is 0.379 e. The first-order valence-corrected chi connectivity index (χ1v) is 8.70. The van der Waals surface area contributed by atoms with E-state index in [1.165, 1.54) is 0 Å². The van der Waals surface area contributed by atoms with Crippen molar-refractivity contribution in [2.75, 3.05) is 19.8 Å². The molecule has 0 aliphatic carbocycles. The molecule has 0 amide bonds. The van der Waals surface area contributed by atoms with Crippen molar-refractivity contribution in [3.8, 4) is 0 Å². The van der Waals surface area contributed by atoms with Crippen LogP contribution in [0.25, 0.3) is 0 Å². The molecule has 0 atom stereocenters. The average molecular weight is 348 g/mol. The van der Waals surface area contributed by atoms with Gasteiger partial charge in [-0.3, -0.25) is 0 Å². The summed E-state index contributed by atoms with van der Waals surface area (Å²) in [5.41, 5.74) is 6.59. The van der Waals surface area contributed by atoms with Gasteiger partial charge >= 0.3 is 0 Å². The topological polar surface area (TPSA) is 69.4 Å². The van der Waals surface area contributed by atoms with Crippen molar-refractivity contribution in [1.29, 1.82) is 0 Å². The van der Waals surface area contributed by atoms with E-state index >= 15 is 0 Å². The maximum atomic E-state index is 12.3. The van der Waals surface area contributed by atoms with Crippen molar-refractivity contribution >= 4 is 25.8 Å². The number of sulfone groups is 1. The number of benzene rings is 1. The van der Waals surface area contributed by atoms with Crippen LogP contribution in [0.4, 0.5) is 0 Å². The summed E-state index contributed by atoms with van der Waals surface area (Å²) in [7, 11) is -3.27. The highest BCUT2D eigenvalue weighted by molar-refractivity contribution is 9.10. The molecule has 1 aromatic carbocycles. The van der Waals surface area contributed by atoms with E-state index in [9.17, 15) is 8.42 Å². The van der Waals surface area contributed by atoms with Gasteiger partial charge in [0.15, 0.2) is 9.84 Å². The molecule has 106 valence electrons. The van der Waals surface area contributed by atoms with E-state index in [-0.39, 0.29) is 0 Å². The highest BCUT2D eigenvalue weighted by Crippen LogP contribution is 2.29. The Morgan fingerprint density at radius 2 is 2.05 bits per heavy atom. The fourth-order valence-corrected chi connectivity index (χ4v) is 4.58. The number of unbranched alkanes of at least 4 members (excludes halogenated alkanes) is 1. The Morgan fingerprint density at radius 3 is 2.58 bits per heavy atom. The van der Waals surface area contributed by atoms with E-state index in [2.05, 4.69) is 15.9 Å². The van der Waals surface area contributed by atoms with Crippen molar-refractivity contribution in [2.45, 2.75) is 29.4 Å². The highest BCUT2D eigenvalue weighted by Gasteiger charge is 2.35. The Bertz CT molecular complexity index is 541. The first-order chi connectivity index (χ1) is 9.05. The molecular weight excluding hydrogens is 330 g/mol. The number of halogens is 1. The maximum Gasteiger partial charge on any atom is 0.186 e. The number of ether oxygens (including phenoxy) is 1. The summed E-state index contributed by atoms with van der Waals surface area (Å²) in [5, 5.41) is -0.396. The molecule has 1 saturated heterocycles. The Morgan fingerprint density at radius 1 is 1.32 bits per heavy atom. The Balaban J connectivity index is 2.15. The van der Waals surface area contributed by atoms with Crippen molar-refractivity contribution in [3.63, 3.8) is 0 Å². The fraction of sp³-hybridized carbons (Fsp3) is 0.538. The van der Waals surface area contributed by atoms with E-state index in [4.69, 9.17) is 10.5 Å². The summed E-state index contributed by atoms with van der Waals surface area (Å²) >= 11 is 3.37. The zero-order valence-electron chi connectivity index (χ0n) is 10.6. The van der Waals surface area contributed by atoms with Crippen molar-refractivity contribution in [1.82, 2.24) is 0 Å². The summed E-state index contributed by atoms with van der Waals surface area (Å²) < 4.78 is 30.2. The average Bonchev–Trinajstić information content (AvgIpc) is 2.26. The number of nitrogens with two attached hydrogens (primary N) is 1. The third-order valence-corrected chi connectivity index (χ3v) is 6.31. The van der Waals surface area contributed by atoms with E-state index in [1.54, 1.807) is 6.07 Å². The summed E-state index contributed by atoms with van der Waals surface area (Å²) in [5.74, 6) is 0. The summed E-state index contributed by atoms with van der Waals surface area (Å²) in [6.45, 7) is 1.29. The van der Waals surface area contributed by atoms with E-state index < -0.39 is 15.1 Å². The molecule has 1 heterocycles. The monoisotopic (exact) mass is 347 g/mol. The third-order valence-electron chi connectivity index (χ3n) is 3.27. The van der Waals surface area contributed by atoms with Gasteiger partial charge in [-0.05, 0) is 59.4 Å². The number of rotatable bonds is 6. The second-order valence-corrected chi connectivity index (χ2v) is 7.77. The SMILES string of the molecule is NCCCCc1ccc(S(=O)(=O)C2COC2)c(Br)c1. The lowest BCUT2D eigenvalue weighted by Gasteiger charge is -2.26. The minimum atomic E-state index is -3.27. The minimum absolute atomic E-state index is 0.299. The minimum Gasteiger partial charge on any atom is -0.379 e. The molecule has 2 rings (SSSR count). The zero-order valence-corrected chi connectivity index (χ0v) is 13.0. The molecule has 1 aliphatic heterocycles. The second kappa shape index (κ2) is 6.35. The molecule has 1 aliphatic rings. The number of hydrogen-bond acceptors (Lipinski definition) is 4. The standard InChI is InChI=1S/C13H18BrNO3S/c14-12-7-10(3-1-2-6-15)4-5-13(12)19(16,17)11-8-18-9-11/h4-5,7,11H,1-3,6,8-9,15H2. The van der Waals surface area contributed by atoms with Crippen LogP contribution in [-0.2, 0) is 21.0 Å². The van der Waals surface area contributed by atoms with Crippen LogP contribution < -0.4 is 5.73 Å². The molecule has 0 saturated carbocycles. The maximum absolute atomic E-state index is 12.3. The highest BCUT2D eigenvalue weighted by atomic mass is 79.9. The molecule has 1 fully saturated rings. The second-order valence-electron chi connectivity index (χ2n) is 4.72. The first kappa shape index (κ1) is 15.0. The van der Waals surface area contributed by atoms with E-state index in [1.807, 2.05) is 12.1 Å². The zero-order chi connectivity index (χ0) is 13.9. The molecule has 19 heavy (non-hydrogen) atoms. The van der Waals surface area contributed by atoms with Gasteiger partial charge in [0.2, 0.25) is 0 Å². The summed E-state index contributed by atoms with van der Waals surface area (Å²) in [6, 6.07) is 5.46. The molecule has 2 N–H and O–H groups in total. The Labute approximate surface area is 122 Å². The van der Waals surface area contributed by atoms with Gasteiger partial charge in [-0.2, -0.15) is 0 Å². The molecule has 1 aromatic rings. The van der Waals surface area contributed by atoms with Gasteiger partial charge in [0.1, 0.15) is 5.25 Å². The van der Waals surface area contributed by atoms with Crippen molar-refractivity contribution in [3.05, 3.63) is 28.2 Å². The lowest BCUT2D eigenvalue weighted by molar-refractivity contribution is 0.0416. The third kappa shape index (κ3) is 3.37. The van der Waals surface area contributed by atoms with Gasteiger partial charge in [-0.1, -0.05) is 6.07 Å². The van der Waals surface area contributed by atoms with Crippen LogP contribution in [0.5, 0.6) is 0 Å². The van der Waals surface area contributed by atoms with Gasteiger partial charge in [-0.15, -0.1) is 0 Å². The van der Waals surface area contributed by atoms with Crippen LogP contribution in [0.3, 0.4) is 0 Å². The van der Waals surface area contributed by atoms with Gasteiger partial charge < -0.3 is 10.5 Å².